The largest absolute Gasteiger partial charge is 0.481 e. The van der Waals surface area contributed by atoms with Gasteiger partial charge >= 0.3 is 0 Å². The van der Waals surface area contributed by atoms with E-state index in [1.165, 1.54) is 49.6 Å². The van der Waals surface area contributed by atoms with Crippen molar-refractivity contribution in [2.75, 3.05) is 0 Å². The molecule has 7 rings (SSSR count). The molecule has 0 radical (unpaired) electrons. The van der Waals surface area contributed by atoms with Crippen LogP contribution in [0.3, 0.4) is 0 Å². The first kappa shape index (κ1) is 20.5. The third-order valence-electron chi connectivity index (χ3n) is 8.12. The van der Waals surface area contributed by atoms with Crippen LogP contribution in [0.2, 0.25) is 0 Å². The SMILES string of the molecule is Cc1c(-c2c3c(c4ccccc4[n+]2C)C(C)(C)C2Oc4ccccc4OC32)ccc2ccccc12. The number of pyridine rings is 1. The van der Waals surface area contributed by atoms with E-state index in [2.05, 4.69) is 93.0 Å². The number of hydrogen-bond acceptors (Lipinski definition) is 2. The molecule has 1 aliphatic heterocycles. The van der Waals surface area contributed by atoms with E-state index in [-0.39, 0.29) is 17.6 Å². The van der Waals surface area contributed by atoms with Crippen LogP contribution in [0, 0.1) is 6.92 Å². The Kier molecular flexibility index (Phi) is 4.15. The zero-order chi connectivity index (χ0) is 23.9. The molecule has 3 heteroatoms. The maximum Gasteiger partial charge on any atom is 0.220 e. The van der Waals surface area contributed by atoms with Crippen LogP contribution in [0.25, 0.3) is 32.9 Å². The minimum absolute atomic E-state index is 0.113. The Morgan fingerprint density at radius 1 is 0.743 bits per heavy atom. The summed E-state index contributed by atoms with van der Waals surface area (Å²) >= 11 is 0. The van der Waals surface area contributed by atoms with Crippen molar-refractivity contribution in [2.45, 2.75) is 38.4 Å². The molecular weight excluding hydrogens is 430 g/mol. The van der Waals surface area contributed by atoms with E-state index >= 15 is 0 Å². The fraction of sp³-hybridized carbons (Fsp3) is 0.219. The molecule has 5 aromatic rings. The van der Waals surface area contributed by atoms with Gasteiger partial charge in [-0.05, 0) is 53.1 Å². The van der Waals surface area contributed by atoms with E-state index < -0.39 is 0 Å². The Morgan fingerprint density at radius 3 is 2.20 bits per heavy atom. The lowest BCUT2D eigenvalue weighted by molar-refractivity contribution is -0.634. The Morgan fingerprint density at radius 2 is 1.40 bits per heavy atom. The molecule has 4 aromatic carbocycles. The van der Waals surface area contributed by atoms with Gasteiger partial charge in [-0.2, -0.15) is 4.57 Å². The van der Waals surface area contributed by atoms with Gasteiger partial charge in [0, 0.05) is 11.5 Å². The average Bonchev–Trinajstić information content (AvgIpc) is 3.10. The topological polar surface area (TPSA) is 22.3 Å². The van der Waals surface area contributed by atoms with Gasteiger partial charge in [0.15, 0.2) is 17.6 Å². The van der Waals surface area contributed by atoms with Gasteiger partial charge < -0.3 is 9.47 Å². The van der Waals surface area contributed by atoms with E-state index in [1.807, 2.05) is 24.3 Å². The van der Waals surface area contributed by atoms with Crippen LogP contribution in [-0.4, -0.2) is 6.10 Å². The van der Waals surface area contributed by atoms with Gasteiger partial charge in [-0.1, -0.05) is 68.4 Å². The van der Waals surface area contributed by atoms with Crippen molar-refractivity contribution in [3.8, 4) is 22.8 Å². The summed E-state index contributed by atoms with van der Waals surface area (Å²) < 4.78 is 15.8. The molecule has 2 atom stereocenters. The quantitative estimate of drug-likeness (QED) is 0.253. The summed E-state index contributed by atoms with van der Waals surface area (Å²) in [4.78, 5) is 0. The number of ether oxygens (including phenoxy) is 2. The zero-order valence-electron chi connectivity index (χ0n) is 20.5. The molecule has 0 fully saturated rings. The van der Waals surface area contributed by atoms with Crippen molar-refractivity contribution < 1.29 is 14.0 Å². The predicted octanol–water partition coefficient (Wildman–Crippen LogP) is 6.97. The molecule has 35 heavy (non-hydrogen) atoms. The molecule has 0 amide bonds. The summed E-state index contributed by atoms with van der Waals surface area (Å²) in [6, 6.07) is 29.9. The molecular formula is C32H28NO2+. The van der Waals surface area contributed by atoms with Crippen molar-refractivity contribution >= 4 is 21.7 Å². The number of fused-ring (bicyclic) bond motifs is 7. The monoisotopic (exact) mass is 458 g/mol. The number of aryl methyl sites for hydroxylation is 2. The Balaban J connectivity index is 1.60. The number of benzene rings is 4. The van der Waals surface area contributed by atoms with Gasteiger partial charge in [-0.25, -0.2) is 0 Å². The van der Waals surface area contributed by atoms with Crippen LogP contribution >= 0.6 is 0 Å². The van der Waals surface area contributed by atoms with Crippen LogP contribution in [-0.2, 0) is 12.5 Å². The number of para-hydroxylation sites is 3. The van der Waals surface area contributed by atoms with E-state index in [9.17, 15) is 0 Å². The first-order valence-electron chi connectivity index (χ1n) is 12.3. The standard InChI is InChI=1S/C32H28NO2/c1-19-21-12-6-5-11-20(21)17-18-22(19)29-27-28(23-13-7-8-14-24(23)33(29)4)32(2,3)31-30(27)34-25-15-9-10-16-26(25)35-31/h5-18,30-31H,1-4H3/q+1. The van der Waals surface area contributed by atoms with Gasteiger partial charge in [0.05, 0.1) is 16.5 Å². The van der Waals surface area contributed by atoms with Crippen LogP contribution in [0.15, 0.2) is 84.9 Å². The van der Waals surface area contributed by atoms with Gasteiger partial charge in [0.1, 0.15) is 13.2 Å². The number of hydrogen-bond donors (Lipinski definition) is 0. The minimum Gasteiger partial charge on any atom is -0.481 e. The summed E-state index contributed by atoms with van der Waals surface area (Å²) in [6.07, 6.45) is -0.302. The van der Waals surface area contributed by atoms with E-state index in [4.69, 9.17) is 9.47 Å². The lowest BCUT2D eigenvalue weighted by Crippen LogP contribution is -2.40. The first-order valence-corrected chi connectivity index (χ1v) is 12.3. The lowest BCUT2D eigenvalue weighted by atomic mass is 9.81. The Labute approximate surface area is 205 Å². The molecule has 2 unspecified atom stereocenters. The maximum absolute atomic E-state index is 6.77. The molecule has 2 heterocycles. The highest BCUT2D eigenvalue weighted by Crippen LogP contribution is 2.56. The molecule has 0 saturated carbocycles. The third-order valence-corrected chi connectivity index (χ3v) is 8.12. The summed E-state index contributed by atoms with van der Waals surface area (Å²) in [5.41, 5.74) is 7.30. The summed E-state index contributed by atoms with van der Waals surface area (Å²) in [7, 11) is 2.19. The van der Waals surface area contributed by atoms with Crippen molar-refractivity contribution in [3.63, 3.8) is 0 Å². The molecule has 0 bridgehead atoms. The molecule has 0 spiro atoms. The highest BCUT2D eigenvalue weighted by atomic mass is 16.6. The summed E-state index contributed by atoms with van der Waals surface area (Å²) in [5, 5.41) is 3.81. The van der Waals surface area contributed by atoms with E-state index in [0.29, 0.717) is 0 Å². The van der Waals surface area contributed by atoms with E-state index in [1.54, 1.807) is 0 Å². The van der Waals surface area contributed by atoms with Crippen molar-refractivity contribution in [1.82, 2.24) is 0 Å². The van der Waals surface area contributed by atoms with Crippen LogP contribution < -0.4 is 14.0 Å². The summed E-state index contributed by atoms with van der Waals surface area (Å²) in [6.45, 7) is 6.85. The van der Waals surface area contributed by atoms with Crippen molar-refractivity contribution in [2.24, 2.45) is 7.05 Å². The number of nitrogens with zero attached hydrogens (tertiary/aromatic N) is 1. The molecule has 1 aromatic heterocycles. The van der Waals surface area contributed by atoms with Crippen LogP contribution in [0.1, 0.15) is 36.6 Å². The molecule has 3 nitrogen and oxygen atoms in total. The van der Waals surface area contributed by atoms with Gasteiger partial charge in [0.2, 0.25) is 11.2 Å². The van der Waals surface area contributed by atoms with Crippen molar-refractivity contribution in [1.29, 1.82) is 0 Å². The first-order chi connectivity index (χ1) is 17.0. The smallest absolute Gasteiger partial charge is 0.220 e. The second-order valence-corrected chi connectivity index (χ2v) is 10.4. The molecule has 2 aliphatic rings. The van der Waals surface area contributed by atoms with Crippen molar-refractivity contribution in [3.05, 3.63) is 102 Å². The Hall–Kier alpha value is -3.85. The highest BCUT2D eigenvalue weighted by molar-refractivity contribution is 5.93. The van der Waals surface area contributed by atoms with Crippen LogP contribution in [0.4, 0.5) is 0 Å². The Bertz CT molecular complexity index is 1670. The third kappa shape index (κ3) is 2.70. The van der Waals surface area contributed by atoms with Gasteiger partial charge in [-0.15, -0.1) is 0 Å². The van der Waals surface area contributed by atoms with Crippen LogP contribution in [0.5, 0.6) is 11.5 Å². The second kappa shape index (κ2) is 7.08. The van der Waals surface area contributed by atoms with E-state index in [0.717, 1.165) is 11.5 Å². The molecule has 1 aliphatic carbocycles. The number of rotatable bonds is 1. The average molecular weight is 459 g/mol. The highest BCUT2D eigenvalue weighted by Gasteiger charge is 2.56. The fourth-order valence-electron chi connectivity index (χ4n) is 6.44. The molecule has 172 valence electrons. The maximum atomic E-state index is 6.77. The molecule has 0 N–H and O–H groups in total. The molecule has 0 saturated heterocycles. The summed E-state index contributed by atoms with van der Waals surface area (Å²) in [5.74, 6) is 1.64. The zero-order valence-corrected chi connectivity index (χ0v) is 20.5. The fourth-order valence-corrected chi connectivity index (χ4v) is 6.44. The van der Waals surface area contributed by atoms with Gasteiger partial charge in [0.25, 0.3) is 0 Å². The minimum atomic E-state index is -0.235. The lowest BCUT2D eigenvalue weighted by Gasteiger charge is -2.36. The second-order valence-electron chi connectivity index (χ2n) is 10.4. The predicted molar refractivity (Wildman–Crippen MR) is 140 cm³/mol. The van der Waals surface area contributed by atoms with Gasteiger partial charge in [-0.3, -0.25) is 0 Å². The number of aromatic nitrogens is 1. The normalized spacial score (nSPS) is 19.5.